The van der Waals surface area contributed by atoms with Crippen molar-refractivity contribution in [3.05, 3.63) is 75.7 Å². The zero-order valence-corrected chi connectivity index (χ0v) is 19.9. The van der Waals surface area contributed by atoms with Crippen LogP contribution in [0.4, 0.5) is 5.69 Å². The second-order valence-corrected chi connectivity index (χ2v) is 9.22. The lowest BCUT2D eigenvalue weighted by Gasteiger charge is -2.22. The van der Waals surface area contributed by atoms with Crippen molar-refractivity contribution in [3.63, 3.8) is 0 Å². The first-order valence-electron chi connectivity index (χ1n) is 11.6. The Labute approximate surface area is 205 Å². The molecule has 0 saturated carbocycles. The highest BCUT2D eigenvalue weighted by molar-refractivity contribution is 6.30. The molecule has 1 unspecified atom stereocenters. The molecule has 1 saturated heterocycles. The first-order chi connectivity index (χ1) is 17.0. The molecule has 6 rings (SSSR count). The van der Waals surface area contributed by atoms with E-state index in [2.05, 4.69) is 15.3 Å². The van der Waals surface area contributed by atoms with Gasteiger partial charge in [-0.15, -0.1) is 5.10 Å². The summed E-state index contributed by atoms with van der Waals surface area (Å²) < 4.78 is 9.32. The predicted octanol–water partition coefficient (Wildman–Crippen LogP) is 5.04. The summed E-state index contributed by atoms with van der Waals surface area (Å²) in [7, 11) is 0. The van der Waals surface area contributed by atoms with Crippen LogP contribution in [0.5, 0.6) is 0 Å². The summed E-state index contributed by atoms with van der Waals surface area (Å²) in [6.45, 7) is 2.58. The Bertz CT molecular complexity index is 1630. The minimum Gasteiger partial charge on any atom is -0.397 e. The van der Waals surface area contributed by atoms with E-state index in [0.717, 1.165) is 36.0 Å². The number of anilines is 1. The van der Waals surface area contributed by atoms with Gasteiger partial charge >= 0.3 is 0 Å². The highest BCUT2D eigenvalue weighted by Crippen LogP contribution is 2.33. The van der Waals surface area contributed by atoms with Gasteiger partial charge in [-0.1, -0.05) is 22.9 Å². The van der Waals surface area contributed by atoms with Crippen LogP contribution in [-0.4, -0.2) is 31.2 Å². The molecule has 0 amide bonds. The van der Waals surface area contributed by atoms with Crippen molar-refractivity contribution >= 4 is 39.4 Å². The van der Waals surface area contributed by atoms with E-state index in [9.17, 15) is 4.79 Å². The van der Waals surface area contributed by atoms with E-state index in [0.29, 0.717) is 45.2 Å². The molecule has 4 heterocycles. The zero-order valence-electron chi connectivity index (χ0n) is 19.1. The van der Waals surface area contributed by atoms with Crippen LogP contribution in [0.2, 0.25) is 5.02 Å². The molecular formula is C26H23ClN6O2. The number of pyridine rings is 2. The molecule has 1 fully saturated rings. The highest BCUT2D eigenvalue weighted by Gasteiger charge is 2.22. The van der Waals surface area contributed by atoms with Gasteiger partial charge in [-0.05, 0) is 80.3 Å². The number of nitrogens with zero attached hydrogens (tertiary/aromatic N) is 5. The van der Waals surface area contributed by atoms with Crippen LogP contribution in [0.15, 0.2) is 59.4 Å². The second-order valence-electron chi connectivity index (χ2n) is 8.79. The van der Waals surface area contributed by atoms with Crippen LogP contribution in [0.25, 0.3) is 38.9 Å². The van der Waals surface area contributed by atoms with E-state index in [4.69, 9.17) is 22.1 Å². The van der Waals surface area contributed by atoms with Crippen molar-refractivity contribution in [3.8, 4) is 16.8 Å². The molecule has 0 spiro atoms. The van der Waals surface area contributed by atoms with Gasteiger partial charge in [0, 0.05) is 22.7 Å². The molecule has 0 bridgehead atoms. The Morgan fingerprint density at radius 1 is 1.09 bits per heavy atom. The summed E-state index contributed by atoms with van der Waals surface area (Å²) in [5, 5.41) is 9.92. The maximum Gasteiger partial charge on any atom is 0.266 e. The Balaban J connectivity index is 1.61. The summed E-state index contributed by atoms with van der Waals surface area (Å²) in [5.41, 5.74) is 11.3. The van der Waals surface area contributed by atoms with E-state index in [1.54, 1.807) is 33.5 Å². The van der Waals surface area contributed by atoms with Gasteiger partial charge in [0.2, 0.25) is 0 Å². The van der Waals surface area contributed by atoms with Gasteiger partial charge in [-0.25, -0.2) is 9.67 Å². The van der Waals surface area contributed by atoms with Crippen LogP contribution >= 0.6 is 11.6 Å². The van der Waals surface area contributed by atoms with E-state index in [1.807, 2.05) is 37.3 Å². The third kappa shape index (κ3) is 3.66. The Morgan fingerprint density at radius 3 is 2.69 bits per heavy atom. The third-order valence-corrected chi connectivity index (χ3v) is 6.73. The Kier molecular flexibility index (Phi) is 5.27. The van der Waals surface area contributed by atoms with Crippen molar-refractivity contribution in [2.45, 2.75) is 32.4 Å². The standard InChI is InChI=1S/C26H23ClN6O2/c1-15-5-11-19-24(28)23(26(34)32(25(19)29-15)18-9-7-17(27)8-10-18)16-6-12-20-21(14-16)33(31-30-20)22-4-2-3-13-35-22/h5-12,14,22H,2-4,13,28H2,1H3. The molecule has 35 heavy (non-hydrogen) atoms. The van der Waals surface area contributed by atoms with Crippen molar-refractivity contribution in [2.24, 2.45) is 0 Å². The van der Waals surface area contributed by atoms with Crippen molar-refractivity contribution in [2.75, 3.05) is 12.3 Å². The molecule has 1 aliphatic heterocycles. The number of aryl methyl sites for hydroxylation is 1. The first-order valence-corrected chi connectivity index (χ1v) is 11.9. The number of halogens is 1. The fourth-order valence-corrected chi connectivity index (χ4v) is 4.84. The number of aromatic nitrogens is 5. The average molecular weight is 487 g/mol. The third-order valence-electron chi connectivity index (χ3n) is 6.48. The summed E-state index contributed by atoms with van der Waals surface area (Å²) in [6.07, 6.45) is 2.81. The summed E-state index contributed by atoms with van der Waals surface area (Å²) in [6, 6.07) is 16.5. The van der Waals surface area contributed by atoms with E-state index in [1.165, 1.54) is 0 Å². The highest BCUT2D eigenvalue weighted by atomic mass is 35.5. The van der Waals surface area contributed by atoms with Gasteiger partial charge < -0.3 is 10.5 Å². The number of nitrogen functional groups attached to an aromatic ring is 1. The normalized spacial score (nSPS) is 16.2. The summed E-state index contributed by atoms with van der Waals surface area (Å²) >= 11 is 6.11. The van der Waals surface area contributed by atoms with Crippen LogP contribution in [0.1, 0.15) is 31.2 Å². The quantitative estimate of drug-likeness (QED) is 0.383. The van der Waals surface area contributed by atoms with Gasteiger partial charge in [-0.3, -0.25) is 9.36 Å². The second kappa shape index (κ2) is 8.48. The summed E-state index contributed by atoms with van der Waals surface area (Å²) in [5.74, 6) is 0. The fourth-order valence-electron chi connectivity index (χ4n) is 4.71. The smallest absolute Gasteiger partial charge is 0.266 e. The Morgan fingerprint density at radius 2 is 1.91 bits per heavy atom. The Hall–Kier alpha value is -3.75. The van der Waals surface area contributed by atoms with Crippen LogP contribution in [0, 0.1) is 6.92 Å². The van der Waals surface area contributed by atoms with Crippen molar-refractivity contribution in [1.29, 1.82) is 0 Å². The van der Waals surface area contributed by atoms with E-state index in [-0.39, 0.29) is 11.8 Å². The number of hydrogen-bond donors (Lipinski definition) is 1. The van der Waals surface area contributed by atoms with Crippen LogP contribution in [-0.2, 0) is 4.74 Å². The minimum absolute atomic E-state index is 0.171. The number of rotatable bonds is 3. The van der Waals surface area contributed by atoms with Crippen molar-refractivity contribution in [1.82, 2.24) is 24.5 Å². The molecule has 3 aromatic heterocycles. The maximum absolute atomic E-state index is 14.0. The molecule has 2 N–H and O–H groups in total. The number of ether oxygens (including phenoxy) is 1. The van der Waals surface area contributed by atoms with E-state index >= 15 is 0 Å². The number of fused-ring (bicyclic) bond motifs is 2. The summed E-state index contributed by atoms with van der Waals surface area (Å²) in [4.78, 5) is 18.7. The molecule has 9 heteroatoms. The molecule has 2 aromatic carbocycles. The largest absolute Gasteiger partial charge is 0.397 e. The topological polar surface area (TPSA) is 101 Å². The first kappa shape index (κ1) is 21.8. The van der Waals surface area contributed by atoms with Gasteiger partial charge in [0.05, 0.1) is 22.5 Å². The molecule has 1 aliphatic rings. The molecular weight excluding hydrogens is 464 g/mol. The minimum atomic E-state index is -0.261. The molecule has 0 radical (unpaired) electrons. The zero-order chi connectivity index (χ0) is 24.1. The number of benzene rings is 2. The fraction of sp³-hybridized carbons (Fsp3) is 0.231. The van der Waals surface area contributed by atoms with Gasteiger partial charge in [0.25, 0.3) is 5.56 Å². The predicted molar refractivity (Wildman–Crippen MR) is 137 cm³/mol. The SMILES string of the molecule is Cc1ccc2c(N)c(-c3ccc4nnn(C5CCCCO5)c4c3)c(=O)n(-c3ccc(Cl)cc3)c2n1. The van der Waals surface area contributed by atoms with Crippen LogP contribution < -0.4 is 11.3 Å². The monoisotopic (exact) mass is 486 g/mol. The van der Waals surface area contributed by atoms with Gasteiger partial charge in [-0.2, -0.15) is 0 Å². The molecule has 8 nitrogen and oxygen atoms in total. The molecule has 0 aliphatic carbocycles. The lowest BCUT2D eigenvalue weighted by atomic mass is 10.0. The number of hydrogen-bond acceptors (Lipinski definition) is 6. The van der Waals surface area contributed by atoms with E-state index < -0.39 is 0 Å². The number of nitrogens with two attached hydrogens (primary N) is 1. The molecule has 5 aromatic rings. The average Bonchev–Trinajstić information content (AvgIpc) is 3.29. The molecule has 1 atom stereocenters. The van der Waals surface area contributed by atoms with Crippen molar-refractivity contribution < 1.29 is 4.74 Å². The lowest BCUT2D eigenvalue weighted by Crippen LogP contribution is -2.23. The lowest BCUT2D eigenvalue weighted by molar-refractivity contribution is -0.0377. The maximum atomic E-state index is 14.0. The van der Waals surface area contributed by atoms with Gasteiger partial charge in [0.1, 0.15) is 11.2 Å². The van der Waals surface area contributed by atoms with Gasteiger partial charge in [0.15, 0.2) is 6.23 Å². The molecule has 176 valence electrons. The van der Waals surface area contributed by atoms with Crippen LogP contribution in [0.3, 0.4) is 0 Å².